The third kappa shape index (κ3) is 1.90. The van der Waals surface area contributed by atoms with Crippen molar-refractivity contribution in [2.45, 2.75) is 26.2 Å². The zero-order valence-corrected chi connectivity index (χ0v) is 12.4. The van der Waals surface area contributed by atoms with Crippen molar-refractivity contribution < 1.29 is 4.79 Å². The number of aromatic nitrogens is 1. The van der Waals surface area contributed by atoms with Gasteiger partial charge < -0.3 is 4.57 Å². The van der Waals surface area contributed by atoms with Gasteiger partial charge in [-0.15, -0.1) is 0 Å². The van der Waals surface area contributed by atoms with Gasteiger partial charge in [0.1, 0.15) is 0 Å². The topological polar surface area (TPSA) is 22.0 Å². The van der Waals surface area contributed by atoms with Crippen molar-refractivity contribution in [3.63, 3.8) is 0 Å². The summed E-state index contributed by atoms with van der Waals surface area (Å²) in [4.78, 5) is 11.9. The number of carbonyl (C=O) groups excluding carboxylic acids is 1. The third-order valence-corrected chi connectivity index (χ3v) is 4.14. The van der Waals surface area contributed by atoms with Gasteiger partial charge in [-0.05, 0) is 66.6 Å². The zero-order chi connectivity index (χ0) is 12.7. The summed E-state index contributed by atoms with van der Waals surface area (Å²) in [7, 11) is 0. The van der Waals surface area contributed by atoms with Gasteiger partial charge >= 0.3 is 0 Å². The molecule has 0 saturated carbocycles. The lowest BCUT2D eigenvalue weighted by atomic mass is 9.96. The monoisotopic (exact) mass is 351 g/mol. The molecule has 0 amide bonds. The molecule has 0 radical (unpaired) electrons. The number of nitrogens with zero attached hydrogens (tertiary/aromatic N) is 1. The van der Waals surface area contributed by atoms with Crippen molar-refractivity contribution in [1.82, 2.24) is 4.57 Å². The van der Waals surface area contributed by atoms with E-state index in [4.69, 9.17) is 0 Å². The second-order valence-corrected chi connectivity index (χ2v) is 5.98. The highest BCUT2D eigenvalue weighted by Crippen LogP contribution is 2.28. The Labute approximate surface area is 120 Å². The summed E-state index contributed by atoms with van der Waals surface area (Å²) < 4.78 is 3.45. The van der Waals surface area contributed by atoms with Crippen LogP contribution in [0.25, 0.3) is 5.69 Å². The van der Waals surface area contributed by atoms with Gasteiger partial charge in [0.15, 0.2) is 5.78 Å². The molecule has 18 heavy (non-hydrogen) atoms. The average molecular weight is 351 g/mol. The molecule has 0 bridgehead atoms. The maximum atomic E-state index is 11.9. The van der Waals surface area contributed by atoms with Crippen LogP contribution in [0.5, 0.6) is 0 Å². The Hall–Kier alpha value is -1.10. The molecule has 0 fully saturated rings. The van der Waals surface area contributed by atoms with E-state index in [0.29, 0.717) is 12.2 Å². The Morgan fingerprint density at radius 1 is 1.22 bits per heavy atom. The SMILES string of the molecule is Cc1cc2c(n1-c1cccc(I)c1)CCCC2=O. The van der Waals surface area contributed by atoms with Crippen LogP contribution in [-0.4, -0.2) is 10.4 Å². The normalized spacial score (nSPS) is 14.7. The fourth-order valence-electron chi connectivity index (χ4n) is 2.70. The van der Waals surface area contributed by atoms with Crippen LogP contribution in [0.4, 0.5) is 0 Å². The van der Waals surface area contributed by atoms with Gasteiger partial charge in [-0.3, -0.25) is 4.79 Å². The van der Waals surface area contributed by atoms with E-state index in [1.54, 1.807) is 0 Å². The molecule has 0 spiro atoms. The van der Waals surface area contributed by atoms with E-state index in [0.717, 1.165) is 29.8 Å². The Kier molecular flexibility index (Phi) is 3.01. The number of aryl methyl sites for hydroxylation is 1. The summed E-state index contributed by atoms with van der Waals surface area (Å²) in [6.07, 6.45) is 2.67. The fourth-order valence-corrected chi connectivity index (χ4v) is 3.23. The lowest BCUT2D eigenvalue weighted by molar-refractivity contribution is 0.0972. The summed E-state index contributed by atoms with van der Waals surface area (Å²) in [5, 5.41) is 0. The average Bonchev–Trinajstić information content (AvgIpc) is 2.67. The standard InChI is InChI=1S/C15H14INO/c1-10-8-13-14(6-3-7-15(13)18)17(10)12-5-2-4-11(16)9-12/h2,4-5,8-9H,3,6-7H2,1H3. The number of fused-ring (bicyclic) bond motifs is 1. The van der Waals surface area contributed by atoms with Crippen LogP contribution in [0.15, 0.2) is 30.3 Å². The number of carbonyl (C=O) groups is 1. The van der Waals surface area contributed by atoms with Gasteiger partial charge in [-0.2, -0.15) is 0 Å². The smallest absolute Gasteiger partial charge is 0.164 e. The second kappa shape index (κ2) is 4.53. The van der Waals surface area contributed by atoms with Crippen molar-refractivity contribution in [2.24, 2.45) is 0 Å². The molecule has 0 N–H and O–H groups in total. The first kappa shape index (κ1) is 12.0. The molecule has 0 saturated heterocycles. The summed E-state index contributed by atoms with van der Waals surface area (Å²) in [5.41, 5.74) is 4.43. The van der Waals surface area contributed by atoms with Gasteiger partial charge in [0, 0.05) is 32.6 Å². The molecule has 92 valence electrons. The minimum Gasteiger partial charge on any atom is -0.317 e. The first-order valence-electron chi connectivity index (χ1n) is 6.17. The van der Waals surface area contributed by atoms with Crippen molar-refractivity contribution in [3.8, 4) is 5.69 Å². The Morgan fingerprint density at radius 3 is 2.83 bits per heavy atom. The number of rotatable bonds is 1. The Morgan fingerprint density at radius 2 is 2.06 bits per heavy atom. The van der Waals surface area contributed by atoms with Gasteiger partial charge in [-0.1, -0.05) is 6.07 Å². The van der Waals surface area contributed by atoms with Crippen LogP contribution in [0, 0.1) is 10.5 Å². The highest BCUT2D eigenvalue weighted by atomic mass is 127. The summed E-state index contributed by atoms with van der Waals surface area (Å²) in [6.45, 7) is 2.07. The van der Waals surface area contributed by atoms with Crippen molar-refractivity contribution in [2.75, 3.05) is 0 Å². The largest absolute Gasteiger partial charge is 0.317 e. The van der Waals surface area contributed by atoms with Crippen LogP contribution >= 0.6 is 22.6 Å². The predicted octanol–water partition coefficient (Wildman–Crippen LogP) is 3.91. The van der Waals surface area contributed by atoms with Crippen molar-refractivity contribution in [1.29, 1.82) is 0 Å². The second-order valence-electron chi connectivity index (χ2n) is 4.74. The van der Waals surface area contributed by atoms with E-state index in [1.807, 2.05) is 6.07 Å². The summed E-state index contributed by atoms with van der Waals surface area (Å²) in [6, 6.07) is 10.5. The minimum absolute atomic E-state index is 0.295. The molecule has 1 aromatic carbocycles. The zero-order valence-electron chi connectivity index (χ0n) is 10.2. The van der Waals surface area contributed by atoms with Crippen LogP contribution < -0.4 is 0 Å². The van der Waals surface area contributed by atoms with Gasteiger partial charge in [0.2, 0.25) is 0 Å². The van der Waals surface area contributed by atoms with E-state index in [9.17, 15) is 4.79 Å². The quantitative estimate of drug-likeness (QED) is 0.714. The number of ketones is 1. The van der Waals surface area contributed by atoms with Gasteiger partial charge in [-0.25, -0.2) is 0 Å². The molecule has 2 nitrogen and oxygen atoms in total. The first-order valence-corrected chi connectivity index (χ1v) is 7.25. The highest BCUT2D eigenvalue weighted by Gasteiger charge is 2.23. The minimum atomic E-state index is 0.295. The van der Waals surface area contributed by atoms with Crippen LogP contribution in [0.1, 0.15) is 34.6 Å². The molecule has 0 aliphatic heterocycles. The maximum absolute atomic E-state index is 11.9. The van der Waals surface area contributed by atoms with E-state index >= 15 is 0 Å². The Bertz CT molecular complexity index is 627. The number of hydrogen-bond donors (Lipinski definition) is 0. The highest BCUT2D eigenvalue weighted by molar-refractivity contribution is 14.1. The first-order chi connectivity index (χ1) is 8.66. The molecular formula is C15H14INO. The van der Waals surface area contributed by atoms with Crippen molar-refractivity contribution >= 4 is 28.4 Å². The van der Waals surface area contributed by atoms with E-state index in [1.165, 1.54) is 9.26 Å². The molecule has 1 aliphatic carbocycles. The lowest BCUT2D eigenvalue weighted by Crippen LogP contribution is -2.12. The number of benzene rings is 1. The van der Waals surface area contributed by atoms with Crippen LogP contribution in [0.3, 0.4) is 0 Å². The molecule has 1 aromatic heterocycles. The predicted molar refractivity (Wildman–Crippen MR) is 80.5 cm³/mol. The van der Waals surface area contributed by atoms with Crippen LogP contribution in [-0.2, 0) is 6.42 Å². The van der Waals surface area contributed by atoms with Crippen LogP contribution in [0.2, 0.25) is 0 Å². The molecule has 0 unspecified atom stereocenters. The van der Waals surface area contributed by atoms with Gasteiger partial charge in [0.25, 0.3) is 0 Å². The molecule has 3 rings (SSSR count). The molecule has 1 aliphatic rings. The maximum Gasteiger partial charge on any atom is 0.164 e. The molecule has 1 heterocycles. The van der Waals surface area contributed by atoms with E-state index in [-0.39, 0.29) is 0 Å². The molecule has 2 aromatic rings. The number of halogens is 1. The number of hydrogen-bond acceptors (Lipinski definition) is 1. The summed E-state index contributed by atoms with van der Waals surface area (Å²) in [5.74, 6) is 0.295. The Balaban J connectivity index is 2.21. The third-order valence-electron chi connectivity index (χ3n) is 3.47. The number of Topliss-reactive ketones (excluding diaryl/α,β-unsaturated/α-hetero) is 1. The molecular weight excluding hydrogens is 337 g/mol. The fraction of sp³-hybridized carbons (Fsp3) is 0.267. The van der Waals surface area contributed by atoms with Gasteiger partial charge in [0.05, 0.1) is 0 Å². The molecule has 0 atom stereocenters. The van der Waals surface area contributed by atoms with E-state index < -0.39 is 0 Å². The lowest BCUT2D eigenvalue weighted by Gasteiger charge is -2.16. The van der Waals surface area contributed by atoms with E-state index in [2.05, 4.69) is 58.3 Å². The summed E-state index contributed by atoms with van der Waals surface area (Å²) >= 11 is 2.32. The van der Waals surface area contributed by atoms with Crippen molar-refractivity contribution in [3.05, 3.63) is 50.9 Å². The molecule has 3 heteroatoms.